The van der Waals surface area contributed by atoms with Gasteiger partial charge in [0, 0.05) is 12.1 Å². The van der Waals surface area contributed by atoms with Crippen LogP contribution in [0, 0.1) is 0 Å². The van der Waals surface area contributed by atoms with Crippen LogP contribution >= 0.6 is 0 Å². The van der Waals surface area contributed by atoms with Crippen LogP contribution < -0.4 is 14.8 Å². The Morgan fingerprint density at radius 2 is 1.62 bits per heavy atom. The molecule has 0 bridgehead atoms. The van der Waals surface area contributed by atoms with Crippen molar-refractivity contribution in [1.29, 1.82) is 0 Å². The number of methoxy groups -OCH3 is 2. The lowest BCUT2D eigenvalue weighted by Gasteiger charge is -2.10. The van der Waals surface area contributed by atoms with Gasteiger partial charge in [-0.1, -0.05) is 31.5 Å². The fraction of sp³-hybridized carbons (Fsp3) is 0.350. The molecule has 0 heterocycles. The van der Waals surface area contributed by atoms with E-state index in [2.05, 4.69) is 12.2 Å². The molecular formula is C20H25NO3. The average molecular weight is 327 g/mol. The number of hydrogen-bond acceptors (Lipinski definition) is 3. The molecular weight excluding hydrogens is 302 g/mol. The summed E-state index contributed by atoms with van der Waals surface area (Å²) in [5.74, 6) is 1.26. The van der Waals surface area contributed by atoms with E-state index in [9.17, 15) is 4.79 Å². The fourth-order valence-corrected chi connectivity index (χ4v) is 2.48. The molecule has 2 aromatic carbocycles. The third-order valence-corrected chi connectivity index (χ3v) is 3.94. The number of ether oxygens (including phenoxy) is 2. The lowest BCUT2D eigenvalue weighted by molar-refractivity contribution is 0.0951. The summed E-state index contributed by atoms with van der Waals surface area (Å²) in [6.45, 7) is 2.62. The van der Waals surface area contributed by atoms with Crippen molar-refractivity contribution in [1.82, 2.24) is 5.32 Å². The zero-order chi connectivity index (χ0) is 17.4. The van der Waals surface area contributed by atoms with Crippen molar-refractivity contribution >= 4 is 5.91 Å². The molecule has 0 unspecified atom stereocenters. The van der Waals surface area contributed by atoms with Gasteiger partial charge in [-0.3, -0.25) is 4.79 Å². The molecule has 0 saturated heterocycles. The SMILES string of the molecule is CCCCc1ccc(C(=O)NCc2ccc(OC)c(OC)c2)cc1. The van der Waals surface area contributed by atoms with Crippen LogP contribution in [0.3, 0.4) is 0 Å². The fourth-order valence-electron chi connectivity index (χ4n) is 2.48. The maximum atomic E-state index is 12.3. The van der Waals surface area contributed by atoms with Gasteiger partial charge < -0.3 is 14.8 Å². The van der Waals surface area contributed by atoms with Crippen molar-refractivity contribution < 1.29 is 14.3 Å². The summed E-state index contributed by atoms with van der Waals surface area (Å²) in [5, 5.41) is 2.93. The molecule has 1 N–H and O–H groups in total. The zero-order valence-electron chi connectivity index (χ0n) is 14.6. The molecule has 0 radical (unpaired) electrons. The Morgan fingerprint density at radius 1 is 0.958 bits per heavy atom. The Bertz CT molecular complexity index is 665. The molecule has 0 saturated carbocycles. The van der Waals surface area contributed by atoms with Gasteiger partial charge in [0.1, 0.15) is 0 Å². The highest BCUT2D eigenvalue weighted by Gasteiger charge is 2.08. The lowest BCUT2D eigenvalue weighted by Crippen LogP contribution is -2.22. The van der Waals surface area contributed by atoms with Crippen molar-refractivity contribution in [3.63, 3.8) is 0 Å². The molecule has 2 aromatic rings. The maximum absolute atomic E-state index is 12.3. The highest BCUT2D eigenvalue weighted by Crippen LogP contribution is 2.27. The van der Waals surface area contributed by atoms with E-state index in [1.165, 1.54) is 18.4 Å². The van der Waals surface area contributed by atoms with E-state index >= 15 is 0 Å². The second-order valence-corrected chi connectivity index (χ2v) is 5.67. The van der Waals surface area contributed by atoms with Crippen molar-refractivity contribution in [3.05, 3.63) is 59.2 Å². The first-order valence-corrected chi connectivity index (χ1v) is 8.26. The first-order chi connectivity index (χ1) is 11.7. The van der Waals surface area contributed by atoms with E-state index in [-0.39, 0.29) is 5.91 Å². The van der Waals surface area contributed by atoms with Crippen molar-refractivity contribution in [2.24, 2.45) is 0 Å². The van der Waals surface area contributed by atoms with Crippen molar-refractivity contribution in [3.8, 4) is 11.5 Å². The summed E-state index contributed by atoms with van der Waals surface area (Å²) < 4.78 is 10.5. The van der Waals surface area contributed by atoms with E-state index in [0.29, 0.717) is 23.6 Å². The highest BCUT2D eigenvalue weighted by atomic mass is 16.5. The Balaban J connectivity index is 1.95. The van der Waals surface area contributed by atoms with Gasteiger partial charge in [0.2, 0.25) is 0 Å². The molecule has 24 heavy (non-hydrogen) atoms. The first-order valence-electron chi connectivity index (χ1n) is 8.26. The van der Waals surface area contributed by atoms with Gasteiger partial charge in [-0.15, -0.1) is 0 Å². The average Bonchev–Trinajstić information content (AvgIpc) is 2.64. The van der Waals surface area contributed by atoms with Gasteiger partial charge in [0.05, 0.1) is 14.2 Å². The summed E-state index contributed by atoms with van der Waals surface area (Å²) >= 11 is 0. The molecule has 128 valence electrons. The normalized spacial score (nSPS) is 10.3. The first kappa shape index (κ1) is 17.9. The van der Waals surface area contributed by atoms with Gasteiger partial charge in [0.15, 0.2) is 11.5 Å². The smallest absolute Gasteiger partial charge is 0.251 e. The molecule has 0 aliphatic carbocycles. The Morgan fingerprint density at radius 3 is 2.25 bits per heavy atom. The molecule has 4 heteroatoms. The Labute approximate surface area is 143 Å². The van der Waals surface area contributed by atoms with E-state index in [1.807, 2.05) is 42.5 Å². The molecule has 0 atom stereocenters. The molecule has 0 spiro atoms. The second-order valence-electron chi connectivity index (χ2n) is 5.67. The van der Waals surface area contributed by atoms with Crippen molar-refractivity contribution in [2.45, 2.75) is 32.7 Å². The lowest BCUT2D eigenvalue weighted by atomic mass is 10.1. The molecule has 0 aliphatic rings. The number of rotatable bonds is 8. The van der Waals surface area contributed by atoms with Gasteiger partial charge >= 0.3 is 0 Å². The predicted octanol–water partition coefficient (Wildman–Crippen LogP) is 3.98. The largest absolute Gasteiger partial charge is 0.493 e. The third kappa shape index (κ3) is 4.75. The highest BCUT2D eigenvalue weighted by molar-refractivity contribution is 5.94. The molecule has 4 nitrogen and oxygen atoms in total. The Hall–Kier alpha value is -2.49. The van der Waals surface area contributed by atoms with Crippen LogP contribution in [0.25, 0.3) is 0 Å². The van der Waals surface area contributed by atoms with Crippen molar-refractivity contribution in [2.75, 3.05) is 14.2 Å². The van der Waals surface area contributed by atoms with Crippen LogP contribution in [0.15, 0.2) is 42.5 Å². The summed E-state index contributed by atoms with van der Waals surface area (Å²) in [7, 11) is 3.20. The van der Waals surface area contributed by atoms with E-state index in [4.69, 9.17) is 9.47 Å². The minimum Gasteiger partial charge on any atom is -0.493 e. The van der Waals surface area contributed by atoms with Crippen LogP contribution in [0.2, 0.25) is 0 Å². The summed E-state index contributed by atoms with van der Waals surface area (Å²) in [5.41, 5.74) is 2.91. The predicted molar refractivity (Wildman–Crippen MR) is 95.8 cm³/mol. The van der Waals surface area contributed by atoms with Gasteiger partial charge in [-0.2, -0.15) is 0 Å². The van der Waals surface area contributed by atoms with E-state index in [0.717, 1.165) is 12.0 Å². The monoisotopic (exact) mass is 327 g/mol. The number of aryl methyl sites for hydroxylation is 1. The topological polar surface area (TPSA) is 47.6 Å². The molecule has 0 aliphatic heterocycles. The summed E-state index contributed by atoms with van der Waals surface area (Å²) in [6.07, 6.45) is 3.41. The number of unbranched alkanes of at least 4 members (excludes halogenated alkanes) is 1. The molecule has 2 rings (SSSR count). The van der Waals surface area contributed by atoms with E-state index in [1.54, 1.807) is 14.2 Å². The van der Waals surface area contributed by atoms with Crippen LogP contribution in [0.5, 0.6) is 11.5 Å². The second kappa shape index (κ2) is 8.96. The molecule has 0 aromatic heterocycles. The van der Waals surface area contributed by atoms with Crippen LogP contribution in [0.1, 0.15) is 41.3 Å². The number of amides is 1. The van der Waals surface area contributed by atoms with Crippen LogP contribution in [0.4, 0.5) is 0 Å². The minimum atomic E-state index is -0.0770. The standard InChI is InChI=1S/C20H25NO3/c1-4-5-6-15-7-10-17(11-8-15)20(22)21-14-16-9-12-18(23-2)19(13-16)24-3/h7-13H,4-6,14H2,1-3H3,(H,21,22). The van der Waals surface area contributed by atoms with Crippen LogP contribution in [-0.2, 0) is 13.0 Å². The summed E-state index contributed by atoms with van der Waals surface area (Å²) in [4.78, 5) is 12.3. The van der Waals surface area contributed by atoms with Crippen LogP contribution in [-0.4, -0.2) is 20.1 Å². The summed E-state index contributed by atoms with van der Waals surface area (Å²) in [6, 6.07) is 13.4. The third-order valence-electron chi connectivity index (χ3n) is 3.94. The number of carbonyl (C=O) groups excluding carboxylic acids is 1. The van der Waals surface area contributed by atoms with Gasteiger partial charge in [-0.05, 0) is 48.2 Å². The van der Waals surface area contributed by atoms with Gasteiger partial charge in [0.25, 0.3) is 5.91 Å². The number of benzene rings is 2. The Kier molecular flexibility index (Phi) is 6.67. The van der Waals surface area contributed by atoms with Gasteiger partial charge in [-0.25, -0.2) is 0 Å². The number of carbonyl (C=O) groups is 1. The quantitative estimate of drug-likeness (QED) is 0.798. The maximum Gasteiger partial charge on any atom is 0.251 e. The molecule has 1 amide bonds. The minimum absolute atomic E-state index is 0.0770. The van der Waals surface area contributed by atoms with E-state index < -0.39 is 0 Å². The molecule has 0 fully saturated rings. The number of nitrogens with one attached hydrogen (secondary N) is 1. The number of hydrogen-bond donors (Lipinski definition) is 1. The zero-order valence-corrected chi connectivity index (χ0v) is 14.6.